The number of halogens is 2. The van der Waals surface area contributed by atoms with Crippen LogP contribution in [0.2, 0.25) is 0 Å². The molecule has 0 aliphatic rings. The van der Waals surface area contributed by atoms with E-state index >= 15 is 0 Å². The van der Waals surface area contributed by atoms with E-state index in [0.717, 1.165) is 37.0 Å². The summed E-state index contributed by atoms with van der Waals surface area (Å²) in [5.74, 6) is 0. The Bertz CT molecular complexity index is 1450. The van der Waals surface area contributed by atoms with Gasteiger partial charge in [-0.15, -0.1) is 0 Å². The number of benzene rings is 6. The molecule has 0 saturated carbocycles. The normalized spacial score (nSPS) is 13.1. The summed E-state index contributed by atoms with van der Waals surface area (Å²) in [7, 11) is 14.9. The molecule has 0 fully saturated rings. The van der Waals surface area contributed by atoms with Crippen molar-refractivity contribution < 1.29 is 9.74 Å². The van der Waals surface area contributed by atoms with E-state index in [9.17, 15) is 0 Å². The standard InChI is InChI=1S/2C21H21P.2ClH.Ni/c2*1-4-10-19(11-5-1)16-22(17-20-12-6-2-7-13-20)18-21-14-8-3-9-15-21;;;/h2*1-15H,16-18H2;2*1H;. The third-order valence-electron chi connectivity index (χ3n) is 8.96. The van der Waals surface area contributed by atoms with Gasteiger partial charge in [0.25, 0.3) is 0 Å². The van der Waals surface area contributed by atoms with Crippen molar-refractivity contribution >= 4 is 32.5 Å². The van der Waals surface area contributed by atoms with Crippen LogP contribution in [0.25, 0.3) is 0 Å². The Morgan fingerprint density at radius 1 is 0.277 bits per heavy atom. The van der Waals surface area contributed by atoms with Crippen LogP contribution in [0.5, 0.6) is 0 Å². The summed E-state index contributed by atoms with van der Waals surface area (Å²) in [6, 6.07) is 60.9. The van der Waals surface area contributed by atoms with E-state index in [1.807, 2.05) is 0 Å². The van der Waals surface area contributed by atoms with E-state index in [0.29, 0.717) is 0 Å². The second-order valence-corrected chi connectivity index (χ2v) is 38.4. The van der Waals surface area contributed by atoms with Gasteiger partial charge in [0.05, 0.1) is 0 Å². The summed E-state index contributed by atoms with van der Waals surface area (Å²) in [5, 5.41) is 0. The van der Waals surface area contributed by atoms with E-state index < -0.39 is 21.8 Å². The SMILES string of the molecule is [Cl][Ni]([Cl])([PH](Cc1ccccc1)(Cc1ccccc1)Cc1ccccc1)[PH](Cc1ccccc1)(Cc1ccccc1)Cc1ccccc1. The van der Waals surface area contributed by atoms with Gasteiger partial charge in [-0.3, -0.25) is 0 Å². The van der Waals surface area contributed by atoms with Gasteiger partial charge in [-0.1, -0.05) is 0 Å². The molecule has 0 radical (unpaired) electrons. The van der Waals surface area contributed by atoms with Gasteiger partial charge < -0.3 is 0 Å². The Hall–Kier alpha value is -2.75. The van der Waals surface area contributed by atoms with Gasteiger partial charge in [-0.2, -0.15) is 0 Å². The van der Waals surface area contributed by atoms with Crippen molar-refractivity contribution in [3.05, 3.63) is 215 Å². The zero-order valence-corrected chi connectivity index (χ0v) is 31.1. The van der Waals surface area contributed by atoms with Crippen molar-refractivity contribution in [2.45, 2.75) is 37.0 Å². The zero-order chi connectivity index (χ0) is 32.4. The topological polar surface area (TPSA) is 0 Å². The molecule has 0 spiro atoms. The Morgan fingerprint density at radius 3 is 0.574 bits per heavy atom. The Morgan fingerprint density at radius 2 is 0.426 bits per heavy atom. The van der Waals surface area contributed by atoms with Crippen LogP contribution >= 0.6 is 32.5 Å². The van der Waals surface area contributed by atoms with Gasteiger partial charge >= 0.3 is 295 Å². The van der Waals surface area contributed by atoms with Gasteiger partial charge in [-0.05, 0) is 0 Å². The Labute approximate surface area is 292 Å². The fraction of sp³-hybridized carbons (Fsp3) is 0.143. The second kappa shape index (κ2) is 16.1. The van der Waals surface area contributed by atoms with Crippen LogP contribution in [-0.2, 0) is 46.7 Å². The van der Waals surface area contributed by atoms with Gasteiger partial charge in [0.2, 0.25) is 0 Å². The molecule has 6 rings (SSSR count). The Balaban J connectivity index is 1.62. The van der Waals surface area contributed by atoms with E-state index in [2.05, 4.69) is 182 Å². The molecule has 246 valence electrons. The molecule has 5 heteroatoms. The maximum absolute atomic E-state index is 8.66. The molecular formula is C42H44Cl2NiP2. The van der Waals surface area contributed by atoms with E-state index in [1.54, 1.807) is 0 Å². The Kier molecular flexibility index (Phi) is 11.7. The fourth-order valence-electron chi connectivity index (χ4n) is 6.85. The maximum atomic E-state index is 8.66. The minimum atomic E-state index is -2.66. The molecule has 0 heterocycles. The first-order valence-corrected chi connectivity index (χ1v) is 26.8. The molecule has 0 aliphatic carbocycles. The van der Waals surface area contributed by atoms with Crippen molar-refractivity contribution in [1.82, 2.24) is 0 Å². The second-order valence-electron chi connectivity index (χ2n) is 12.5. The molecule has 0 atom stereocenters. The van der Waals surface area contributed by atoms with Crippen molar-refractivity contribution in [2.75, 3.05) is 0 Å². The molecule has 0 bridgehead atoms. The first kappa shape index (κ1) is 34.1. The van der Waals surface area contributed by atoms with Crippen molar-refractivity contribution in [2.24, 2.45) is 0 Å². The van der Waals surface area contributed by atoms with Gasteiger partial charge in [0.1, 0.15) is 0 Å². The van der Waals surface area contributed by atoms with Gasteiger partial charge in [0.15, 0.2) is 0 Å². The molecular weight excluding hydrogens is 696 g/mol. The summed E-state index contributed by atoms with van der Waals surface area (Å²) < 4.78 is 0. The summed E-state index contributed by atoms with van der Waals surface area (Å²) in [6.45, 7) is 0. The monoisotopic (exact) mass is 738 g/mol. The van der Waals surface area contributed by atoms with Crippen LogP contribution in [0.4, 0.5) is 0 Å². The molecule has 0 unspecified atom stereocenters. The van der Waals surface area contributed by atoms with Crippen LogP contribution in [0.15, 0.2) is 182 Å². The predicted octanol–water partition coefficient (Wildman–Crippen LogP) is 13.0. The van der Waals surface area contributed by atoms with Crippen LogP contribution < -0.4 is 0 Å². The summed E-state index contributed by atoms with van der Waals surface area (Å²) in [4.78, 5) is 0. The number of hydrogen-bond acceptors (Lipinski definition) is 0. The summed E-state index contributed by atoms with van der Waals surface area (Å²) >= 11 is 0. The first-order valence-electron chi connectivity index (χ1n) is 16.3. The van der Waals surface area contributed by atoms with Crippen LogP contribution in [0.1, 0.15) is 33.4 Å². The summed E-state index contributed by atoms with van der Waals surface area (Å²) in [6.07, 6.45) is 5.65. The van der Waals surface area contributed by atoms with E-state index in [-0.39, 0.29) is 0 Å². The van der Waals surface area contributed by atoms with Crippen LogP contribution in [0.3, 0.4) is 0 Å². The molecule has 0 nitrogen and oxygen atoms in total. The third kappa shape index (κ3) is 8.46. The quantitative estimate of drug-likeness (QED) is 0.0771. The third-order valence-corrected chi connectivity index (χ3v) is 48.6. The van der Waals surface area contributed by atoms with Crippen LogP contribution in [-0.4, -0.2) is 0 Å². The molecule has 6 aromatic rings. The number of rotatable bonds is 14. The van der Waals surface area contributed by atoms with Gasteiger partial charge in [0, 0.05) is 0 Å². The molecule has 47 heavy (non-hydrogen) atoms. The fourth-order valence-corrected chi connectivity index (χ4v) is 44.9. The van der Waals surface area contributed by atoms with Crippen molar-refractivity contribution in [3.8, 4) is 0 Å². The summed E-state index contributed by atoms with van der Waals surface area (Å²) in [5.41, 5.74) is 8.05. The average Bonchev–Trinajstić information content (AvgIpc) is 3.11. The zero-order valence-electron chi connectivity index (χ0n) is 26.6. The predicted molar refractivity (Wildman–Crippen MR) is 209 cm³/mol. The molecule has 0 N–H and O–H groups in total. The first-order chi connectivity index (χ1) is 23.0. The average molecular weight is 740 g/mol. The van der Waals surface area contributed by atoms with E-state index in [4.69, 9.17) is 20.4 Å². The van der Waals surface area contributed by atoms with E-state index in [1.165, 1.54) is 33.4 Å². The van der Waals surface area contributed by atoms with Crippen LogP contribution in [0, 0.1) is 0 Å². The molecule has 0 saturated heterocycles. The molecule has 0 aliphatic heterocycles. The minimum absolute atomic E-state index is 0.942. The van der Waals surface area contributed by atoms with Gasteiger partial charge in [-0.25, -0.2) is 0 Å². The van der Waals surface area contributed by atoms with Crippen molar-refractivity contribution in [3.63, 3.8) is 0 Å². The molecule has 0 amide bonds. The van der Waals surface area contributed by atoms with Crippen molar-refractivity contribution in [1.29, 1.82) is 0 Å². The molecule has 6 aromatic carbocycles. The molecule has 0 aromatic heterocycles. The number of hydrogen-bond donors (Lipinski definition) is 0.